The predicted molar refractivity (Wildman–Crippen MR) is 111 cm³/mol. The van der Waals surface area contributed by atoms with Crippen molar-refractivity contribution in [1.29, 1.82) is 0 Å². The number of esters is 2. The fraction of sp³-hybridized carbons (Fsp3) is 0.304. The maximum atomic E-state index is 12.7. The molecule has 0 amide bonds. The number of anilines is 1. The zero-order valence-corrected chi connectivity index (χ0v) is 17.5. The minimum atomic E-state index is -4.46. The summed E-state index contributed by atoms with van der Waals surface area (Å²) in [5.41, 5.74) is -0.524. The number of rotatable bonds is 6. The van der Waals surface area contributed by atoms with E-state index in [1.165, 1.54) is 18.2 Å². The number of carbonyl (C=O) groups is 2. The Morgan fingerprint density at radius 1 is 1.16 bits per heavy atom. The smallest absolute Gasteiger partial charge is 0.416 e. The van der Waals surface area contributed by atoms with Gasteiger partial charge in [-0.05, 0) is 48.0 Å². The molecular weight excluding hydrogens is 427 g/mol. The van der Waals surface area contributed by atoms with Gasteiger partial charge in [0.05, 0.1) is 17.7 Å². The normalized spacial score (nSPS) is 19.7. The van der Waals surface area contributed by atoms with E-state index in [0.717, 1.165) is 17.8 Å². The Balaban J connectivity index is 1.68. The lowest BCUT2D eigenvalue weighted by molar-refractivity contribution is -0.154. The van der Waals surface area contributed by atoms with Gasteiger partial charge in [-0.1, -0.05) is 12.1 Å². The van der Waals surface area contributed by atoms with Crippen LogP contribution in [-0.2, 0) is 20.4 Å². The summed E-state index contributed by atoms with van der Waals surface area (Å²) in [5.74, 6) is -1.37. The van der Waals surface area contributed by atoms with Crippen LogP contribution in [0.1, 0.15) is 27.9 Å². The van der Waals surface area contributed by atoms with Crippen molar-refractivity contribution in [3.63, 3.8) is 0 Å². The van der Waals surface area contributed by atoms with Gasteiger partial charge < -0.3 is 19.5 Å². The van der Waals surface area contributed by atoms with Gasteiger partial charge >= 0.3 is 18.1 Å². The Kier molecular flexibility index (Phi) is 6.59. The van der Waals surface area contributed by atoms with Crippen LogP contribution in [0.5, 0.6) is 0 Å². The molecule has 3 rings (SSSR count). The minimum absolute atomic E-state index is 0.0593. The van der Waals surface area contributed by atoms with Gasteiger partial charge in [0.1, 0.15) is 6.61 Å². The average molecular weight is 449 g/mol. The SMILES string of the molecule is CN(C)c1ccc(C(=O)OCC2(CO)C/C(=C\c3ccc(C(F)(F)F)cc3)C(=O)O2)cc1. The van der Waals surface area contributed by atoms with E-state index in [1.807, 2.05) is 19.0 Å². The van der Waals surface area contributed by atoms with E-state index in [1.54, 1.807) is 24.3 Å². The predicted octanol–water partition coefficient (Wildman–Crippen LogP) is 3.69. The first-order valence-corrected chi connectivity index (χ1v) is 9.69. The van der Waals surface area contributed by atoms with Crippen LogP contribution in [0.15, 0.2) is 54.1 Å². The van der Waals surface area contributed by atoms with Gasteiger partial charge in [0.15, 0.2) is 5.60 Å². The highest BCUT2D eigenvalue weighted by Crippen LogP contribution is 2.33. The quantitative estimate of drug-likeness (QED) is 0.536. The number of hydrogen-bond acceptors (Lipinski definition) is 6. The van der Waals surface area contributed by atoms with E-state index in [4.69, 9.17) is 9.47 Å². The third kappa shape index (κ3) is 5.28. The molecule has 2 aromatic carbocycles. The molecule has 0 radical (unpaired) electrons. The molecule has 1 aliphatic heterocycles. The van der Waals surface area contributed by atoms with E-state index in [2.05, 4.69) is 0 Å². The molecule has 6 nitrogen and oxygen atoms in total. The van der Waals surface area contributed by atoms with Crippen molar-refractivity contribution in [1.82, 2.24) is 0 Å². The maximum absolute atomic E-state index is 12.7. The Morgan fingerprint density at radius 2 is 1.78 bits per heavy atom. The molecule has 1 heterocycles. The van der Waals surface area contributed by atoms with Crippen molar-refractivity contribution in [2.24, 2.45) is 0 Å². The standard InChI is InChI=1S/C23H22F3NO5/c1-27(2)19-9-5-16(6-10-19)20(29)31-14-22(13-28)12-17(21(30)32-22)11-15-3-7-18(8-4-15)23(24,25)26/h3-11,28H,12-14H2,1-2H3/b17-11+. The molecule has 170 valence electrons. The lowest BCUT2D eigenvalue weighted by atomic mass is 9.97. The molecule has 0 aromatic heterocycles. The molecule has 1 unspecified atom stereocenters. The lowest BCUT2D eigenvalue weighted by Gasteiger charge is -2.24. The second-order valence-electron chi connectivity index (χ2n) is 7.71. The third-order valence-corrected chi connectivity index (χ3v) is 5.04. The average Bonchev–Trinajstić information content (AvgIpc) is 3.07. The number of ether oxygens (including phenoxy) is 2. The van der Waals surface area contributed by atoms with Gasteiger partial charge in [-0.15, -0.1) is 0 Å². The van der Waals surface area contributed by atoms with Crippen molar-refractivity contribution in [3.05, 3.63) is 70.8 Å². The zero-order chi connectivity index (χ0) is 23.5. The first-order chi connectivity index (χ1) is 15.0. The minimum Gasteiger partial charge on any atom is -0.458 e. The summed E-state index contributed by atoms with van der Waals surface area (Å²) in [6.07, 6.45) is -3.13. The Labute approximate surface area is 182 Å². The number of alkyl halides is 3. The molecule has 1 aliphatic rings. The molecule has 0 aliphatic carbocycles. The van der Waals surface area contributed by atoms with E-state index in [9.17, 15) is 27.9 Å². The monoisotopic (exact) mass is 449 g/mol. The van der Waals surface area contributed by atoms with E-state index < -0.39 is 35.9 Å². The van der Waals surface area contributed by atoms with Crippen LogP contribution in [0.25, 0.3) is 6.08 Å². The fourth-order valence-corrected chi connectivity index (χ4v) is 3.19. The Morgan fingerprint density at radius 3 is 2.31 bits per heavy atom. The van der Waals surface area contributed by atoms with Crippen LogP contribution in [0.3, 0.4) is 0 Å². The topological polar surface area (TPSA) is 76.1 Å². The molecule has 1 atom stereocenters. The zero-order valence-electron chi connectivity index (χ0n) is 17.5. The number of cyclic esters (lactones) is 1. The van der Waals surface area contributed by atoms with E-state index in [0.29, 0.717) is 11.1 Å². The summed E-state index contributed by atoms with van der Waals surface area (Å²) in [6.45, 7) is -0.955. The van der Waals surface area contributed by atoms with Crippen LogP contribution < -0.4 is 4.90 Å². The van der Waals surface area contributed by atoms with Gasteiger partial charge in [0, 0.05) is 31.8 Å². The molecular formula is C23H22F3NO5. The van der Waals surface area contributed by atoms with Gasteiger partial charge in [0.25, 0.3) is 0 Å². The molecule has 2 aromatic rings. The first kappa shape index (κ1) is 23.3. The second kappa shape index (κ2) is 9.04. The van der Waals surface area contributed by atoms with Gasteiger partial charge in [0.2, 0.25) is 0 Å². The molecule has 1 fully saturated rings. The fourth-order valence-electron chi connectivity index (χ4n) is 3.19. The first-order valence-electron chi connectivity index (χ1n) is 9.69. The van der Waals surface area contributed by atoms with E-state index in [-0.39, 0.29) is 18.6 Å². The number of benzene rings is 2. The largest absolute Gasteiger partial charge is 0.458 e. The third-order valence-electron chi connectivity index (χ3n) is 5.04. The number of carbonyl (C=O) groups excluding carboxylic acids is 2. The van der Waals surface area contributed by atoms with Crippen molar-refractivity contribution >= 4 is 23.7 Å². The Bertz CT molecular complexity index is 1010. The Hall–Kier alpha value is -3.33. The highest BCUT2D eigenvalue weighted by molar-refractivity contribution is 5.96. The van der Waals surface area contributed by atoms with Crippen molar-refractivity contribution in [2.75, 3.05) is 32.2 Å². The summed E-state index contributed by atoms with van der Waals surface area (Å²) in [7, 11) is 3.73. The highest BCUT2D eigenvalue weighted by atomic mass is 19.4. The summed E-state index contributed by atoms with van der Waals surface area (Å²) >= 11 is 0. The number of nitrogens with zero attached hydrogens (tertiary/aromatic N) is 1. The van der Waals surface area contributed by atoms with E-state index >= 15 is 0 Å². The maximum Gasteiger partial charge on any atom is 0.416 e. The van der Waals surface area contributed by atoms with Gasteiger partial charge in [-0.3, -0.25) is 0 Å². The lowest BCUT2D eigenvalue weighted by Crippen LogP contribution is -2.39. The number of halogens is 3. The molecule has 1 N–H and O–H groups in total. The molecule has 1 saturated heterocycles. The van der Waals surface area contributed by atoms with Crippen molar-refractivity contribution in [3.8, 4) is 0 Å². The molecule has 0 spiro atoms. The second-order valence-corrected chi connectivity index (χ2v) is 7.71. The van der Waals surface area contributed by atoms with Crippen LogP contribution in [0.4, 0.5) is 18.9 Å². The van der Waals surface area contributed by atoms with Gasteiger partial charge in [-0.25, -0.2) is 9.59 Å². The summed E-state index contributed by atoms with van der Waals surface area (Å²) in [4.78, 5) is 26.5. The molecule has 32 heavy (non-hydrogen) atoms. The summed E-state index contributed by atoms with van der Waals surface area (Å²) < 4.78 is 48.6. The number of hydrogen-bond donors (Lipinski definition) is 1. The number of aliphatic hydroxyl groups is 1. The van der Waals surface area contributed by atoms with Crippen LogP contribution in [0.2, 0.25) is 0 Å². The van der Waals surface area contributed by atoms with Crippen molar-refractivity contribution in [2.45, 2.75) is 18.2 Å². The summed E-state index contributed by atoms with van der Waals surface area (Å²) in [6, 6.07) is 11.0. The molecule has 9 heteroatoms. The number of aliphatic hydroxyl groups excluding tert-OH is 1. The van der Waals surface area contributed by atoms with Crippen LogP contribution >= 0.6 is 0 Å². The summed E-state index contributed by atoms with van der Waals surface area (Å²) in [5, 5.41) is 9.80. The highest BCUT2D eigenvalue weighted by Gasteiger charge is 2.44. The molecule has 0 bridgehead atoms. The van der Waals surface area contributed by atoms with Crippen LogP contribution in [0, 0.1) is 0 Å². The van der Waals surface area contributed by atoms with Crippen LogP contribution in [-0.4, -0.2) is 50.0 Å². The van der Waals surface area contributed by atoms with Crippen molar-refractivity contribution < 1.29 is 37.3 Å². The van der Waals surface area contributed by atoms with Gasteiger partial charge in [-0.2, -0.15) is 13.2 Å². The molecule has 0 saturated carbocycles.